The van der Waals surface area contributed by atoms with Gasteiger partial charge in [0.25, 0.3) is 0 Å². The topological polar surface area (TPSA) is 67.8 Å². The molecule has 120 valence electrons. The van der Waals surface area contributed by atoms with E-state index in [1.165, 1.54) is 0 Å². The first-order valence-electron chi connectivity index (χ1n) is 7.35. The predicted molar refractivity (Wildman–Crippen MR) is 79.8 cm³/mol. The van der Waals surface area contributed by atoms with Crippen LogP contribution in [0.2, 0.25) is 0 Å². The number of nitrogens with one attached hydrogen (secondary N) is 1. The highest BCUT2D eigenvalue weighted by molar-refractivity contribution is 5.67. The van der Waals surface area contributed by atoms with E-state index < -0.39 is 11.7 Å². The lowest BCUT2D eigenvalue weighted by atomic mass is 9.80. The van der Waals surface area contributed by atoms with Crippen LogP contribution in [0.3, 0.4) is 0 Å². The lowest BCUT2D eigenvalue weighted by molar-refractivity contribution is 0.0430. The van der Waals surface area contributed by atoms with Crippen LogP contribution in [0.4, 0.5) is 4.79 Å². The number of carbonyl (C=O) groups excluding carboxylic acids is 1. The summed E-state index contributed by atoms with van der Waals surface area (Å²) in [6.45, 7) is 8.71. The van der Waals surface area contributed by atoms with Crippen LogP contribution in [0.5, 0.6) is 0 Å². The van der Waals surface area contributed by atoms with Gasteiger partial charge in [-0.25, -0.2) is 4.79 Å². The fourth-order valence-electron chi connectivity index (χ4n) is 2.21. The van der Waals surface area contributed by atoms with Crippen molar-refractivity contribution >= 4 is 6.09 Å². The van der Waals surface area contributed by atoms with Crippen molar-refractivity contribution in [3.63, 3.8) is 0 Å². The Morgan fingerprint density at radius 1 is 1.25 bits per heavy atom. The van der Waals surface area contributed by atoms with E-state index in [0.717, 1.165) is 25.7 Å². The van der Waals surface area contributed by atoms with E-state index in [1.54, 1.807) is 7.11 Å². The number of hydrogen-bond acceptors (Lipinski definition) is 4. The van der Waals surface area contributed by atoms with Gasteiger partial charge in [0.1, 0.15) is 5.60 Å². The standard InChI is InChI=1S/C15H31NO4/c1-6-8-15(12-17,9-7-10-19-5)11-16-13(18)20-14(2,3)4/h17H,6-12H2,1-5H3,(H,16,18). The Balaban J connectivity index is 4.44. The number of aliphatic hydroxyl groups excluding tert-OH is 1. The van der Waals surface area contributed by atoms with Crippen molar-refractivity contribution in [1.82, 2.24) is 5.32 Å². The van der Waals surface area contributed by atoms with E-state index in [1.807, 2.05) is 20.8 Å². The van der Waals surface area contributed by atoms with Crippen molar-refractivity contribution in [3.8, 4) is 0 Å². The van der Waals surface area contributed by atoms with Gasteiger partial charge in [-0.05, 0) is 40.0 Å². The first kappa shape index (κ1) is 19.2. The molecule has 0 fully saturated rings. The van der Waals surface area contributed by atoms with Gasteiger partial charge >= 0.3 is 6.09 Å². The summed E-state index contributed by atoms with van der Waals surface area (Å²) in [6, 6.07) is 0. The maximum Gasteiger partial charge on any atom is 0.407 e. The molecule has 5 heteroatoms. The molecule has 0 saturated heterocycles. The number of amides is 1. The summed E-state index contributed by atoms with van der Waals surface area (Å²) >= 11 is 0. The molecule has 0 bridgehead atoms. The second-order valence-corrected chi connectivity index (χ2v) is 6.36. The quantitative estimate of drug-likeness (QED) is 0.640. The molecule has 0 aromatic carbocycles. The molecule has 0 radical (unpaired) electrons. The maximum absolute atomic E-state index is 11.7. The first-order chi connectivity index (χ1) is 9.28. The largest absolute Gasteiger partial charge is 0.444 e. The van der Waals surface area contributed by atoms with Gasteiger partial charge in [-0.2, -0.15) is 0 Å². The summed E-state index contributed by atoms with van der Waals surface area (Å²) < 4.78 is 10.3. The van der Waals surface area contributed by atoms with E-state index in [0.29, 0.717) is 13.2 Å². The van der Waals surface area contributed by atoms with E-state index in [4.69, 9.17) is 9.47 Å². The van der Waals surface area contributed by atoms with Gasteiger partial charge in [-0.1, -0.05) is 13.3 Å². The highest BCUT2D eigenvalue weighted by atomic mass is 16.6. The molecule has 0 aliphatic heterocycles. The average Bonchev–Trinajstić information content (AvgIpc) is 2.34. The summed E-state index contributed by atoms with van der Waals surface area (Å²) in [7, 11) is 1.67. The maximum atomic E-state index is 11.7. The molecule has 0 spiro atoms. The molecular weight excluding hydrogens is 258 g/mol. The van der Waals surface area contributed by atoms with Crippen LogP contribution in [0.25, 0.3) is 0 Å². The van der Waals surface area contributed by atoms with Gasteiger partial charge in [0.15, 0.2) is 0 Å². The van der Waals surface area contributed by atoms with Crippen molar-refractivity contribution in [2.24, 2.45) is 5.41 Å². The monoisotopic (exact) mass is 289 g/mol. The van der Waals surface area contributed by atoms with Crippen LogP contribution in [0, 0.1) is 5.41 Å². The number of methoxy groups -OCH3 is 1. The highest BCUT2D eigenvalue weighted by Crippen LogP contribution is 2.28. The predicted octanol–water partition coefficient (Wildman–Crippen LogP) is 2.72. The smallest absolute Gasteiger partial charge is 0.407 e. The Morgan fingerprint density at radius 3 is 2.35 bits per heavy atom. The minimum absolute atomic E-state index is 0.0559. The van der Waals surface area contributed by atoms with Crippen LogP contribution in [-0.2, 0) is 9.47 Å². The van der Waals surface area contributed by atoms with E-state index in [-0.39, 0.29) is 12.0 Å². The minimum Gasteiger partial charge on any atom is -0.444 e. The molecule has 0 aromatic heterocycles. The Hall–Kier alpha value is -0.810. The SMILES string of the molecule is CCCC(CO)(CCCOC)CNC(=O)OC(C)(C)C. The third kappa shape index (κ3) is 8.38. The summed E-state index contributed by atoms with van der Waals surface area (Å²) in [6.07, 6.45) is 3.08. The summed E-state index contributed by atoms with van der Waals surface area (Å²) in [5.74, 6) is 0. The molecule has 0 saturated carbocycles. The lowest BCUT2D eigenvalue weighted by Gasteiger charge is -2.32. The zero-order valence-electron chi connectivity index (χ0n) is 13.6. The van der Waals surface area contributed by atoms with Crippen LogP contribution in [-0.4, -0.2) is 43.7 Å². The number of hydrogen-bond donors (Lipinski definition) is 2. The lowest BCUT2D eigenvalue weighted by Crippen LogP contribution is -2.42. The average molecular weight is 289 g/mol. The van der Waals surface area contributed by atoms with E-state index >= 15 is 0 Å². The Morgan fingerprint density at radius 2 is 1.90 bits per heavy atom. The van der Waals surface area contributed by atoms with Crippen LogP contribution < -0.4 is 5.32 Å². The van der Waals surface area contributed by atoms with Gasteiger partial charge < -0.3 is 19.9 Å². The Kier molecular flexibility index (Phi) is 8.81. The summed E-state index contributed by atoms with van der Waals surface area (Å²) in [5, 5.41) is 12.5. The number of rotatable bonds is 9. The Labute approximate surface area is 123 Å². The molecule has 0 heterocycles. The fraction of sp³-hybridized carbons (Fsp3) is 0.933. The third-order valence-electron chi connectivity index (χ3n) is 3.18. The molecular formula is C15H31NO4. The van der Waals surface area contributed by atoms with Crippen LogP contribution in [0.15, 0.2) is 0 Å². The second-order valence-electron chi connectivity index (χ2n) is 6.36. The molecule has 0 aliphatic carbocycles. The molecule has 1 atom stereocenters. The van der Waals surface area contributed by atoms with Gasteiger partial charge in [0.2, 0.25) is 0 Å². The fourth-order valence-corrected chi connectivity index (χ4v) is 2.21. The Bertz CT molecular complexity index is 276. The number of ether oxygens (including phenoxy) is 2. The normalized spacial score (nSPS) is 14.7. The zero-order valence-corrected chi connectivity index (χ0v) is 13.6. The van der Waals surface area contributed by atoms with Gasteiger partial charge in [0.05, 0.1) is 6.61 Å². The number of alkyl carbamates (subject to hydrolysis) is 1. The third-order valence-corrected chi connectivity index (χ3v) is 3.18. The van der Waals surface area contributed by atoms with Gasteiger partial charge in [0, 0.05) is 25.7 Å². The minimum atomic E-state index is -0.507. The molecule has 1 unspecified atom stereocenters. The molecule has 0 aromatic rings. The molecule has 20 heavy (non-hydrogen) atoms. The molecule has 1 amide bonds. The molecule has 5 nitrogen and oxygen atoms in total. The summed E-state index contributed by atoms with van der Waals surface area (Å²) in [5.41, 5.74) is -0.795. The van der Waals surface area contributed by atoms with E-state index in [9.17, 15) is 9.90 Å². The molecule has 2 N–H and O–H groups in total. The zero-order chi connectivity index (χ0) is 15.6. The summed E-state index contributed by atoms with van der Waals surface area (Å²) in [4.78, 5) is 11.7. The van der Waals surface area contributed by atoms with Crippen LogP contribution in [0.1, 0.15) is 53.4 Å². The van der Waals surface area contributed by atoms with Gasteiger partial charge in [-0.3, -0.25) is 0 Å². The van der Waals surface area contributed by atoms with Crippen molar-refractivity contribution in [2.45, 2.75) is 59.0 Å². The number of carbonyl (C=O) groups is 1. The number of aliphatic hydroxyl groups is 1. The van der Waals surface area contributed by atoms with E-state index in [2.05, 4.69) is 12.2 Å². The molecule has 0 aliphatic rings. The van der Waals surface area contributed by atoms with Crippen molar-refractivity contribution in [2.75, 3.05) is 26.9 Å². The van der Waals surface area contributed by atoms with Crippen LogP contribution >= 0.6 is 0 Å². The van der Waals surface area contributed by atoms with Gasteiger partial charge in [-0.15, -0.1) is 0 Å². The highest BCUT2D eigenvalue weighted by Gasteiger charge is 2.29. The van der Waals surface area contributed by atoms with Crippen molar-refractivity contribution in [1.29, 1.82) is 0 Å². The van der Waals surface area contributed by atoms with Crippen molar-refractivity contribution in [3.05, 3.63) is 0 Å². The first-order valence-corrected chi connectivity index (χ1v) is 7.35. The van der Waals surface area contributed by atoms with Crippen molar-refractivity contribution < 1.29 is 19.4 Å². The second kappa shape index (κ2) is 9.19. The molecule has 0 rings (SSSR count).